The zero-order valence-electron chi connectivity index (χ0n) is 12.5. The van der Waals surface area contributed by atoms with E-state index in [-0.39, 0.29) is 11.3 Å². The molecule has 0 radical (unpaired) electrons. The number of thioether (sulfide) groups is 1. The summed E-state index contributed by atoms with van der Waals surface area (Å²) in [6.07, 6.45) is -3.65. The van der Waals surface area contributed by atoms with Gasteiger partial charge in [0.25, 0.3) is 0 Å². The topological polar surface area (TPSA) is 25.4 Å². The summed E-state index contributed by atoms with van der Waals surface area (Å²) in [6.45, 7) is 2.33. The number of nitrogens with zero attached hydrogens (tertiary/aromatic N) is 2. The molecule has 0 unspecified atom stereocenters. The maximum Gasteiger partial charge on any atom is 0.417 e. The second-order valence-corrected chi connectivity index (χ2v) is 6.46. The minimum Gasteiger partial charge on any atom is -0.478 e. The number of hydrogen-bond acceptors (Lipinski definition) is 4. The molecule has 2 aromatic rings. The number of rotatable bonds is 5. The van der Waals surface area contributed by atoms with Gasteiger partial charge in [-0.05, 0) is 12.5 Å². The molecule has 124 valence electrons. The Kier molecular flexibility index (Phi) is 4.96. The van der Waals surface area contributed by atoms with Crippen LogP contribution in [0.4, 0.5) is 13.2 Å². The number of para-hydroxylation sites is 1. The third kappa shape index (κ3) is 4.09. The van der Waals surface area contributed by atoms with Crippen molar-refractivity contribution in [1.82, 2.24) is 9.88 Å². The largest absolute Gasteiger partial charge is 0.478 e. The van der Waals surface area contributed by atoms with E-state index in [1.165, 1.54) is 6.07 Å². The van der Waals surface area contributed by atoms with Crippen LogP contribution < -0.4 is 4.74 Å². The molecule has 23 heavy (non-hydrogen) atoms. The van der Waals surface area contributed by atoms with Crippen molar-refractivity contribution in [2.75, 3.05) is 31.3 Å². The maximum atomic E-state index is 13.2. The fraction of sp³-hybridized carbons (Fsp3) is 0.438. The van der Waals surface area contributed by atoms with Gasteiger partial charge in [-0.25, -0.2) is 4.98 Å². The summed E-state index contributed by atoms with van der Waals surface area (Å²) in [6, 6.07) is 7.24. The average Bonchev–Trinajstić information content (AvgIpc) is 3.03. The number of alkyl halides is 3. The summed E-state index contributed by atoms with van der Waals surface area (Å²) in [5.74, 6) is 2.20. The SMILES string of the molecule is FC(F)(F)c1cc(OCCCN2CCSC2)nc2ccccc12. The molecule has 1 aromatic heterocycles. The van der Waals surface area contributed by atoms with E-state index in [1.807, 2.05) is 11.8 Å². The summed E-state index contributed by atoms with van der Waals surface area (Å²) in [5.41, 5.74) is -0.401. The second kappa shape index (κ2) is 6.97. The van der Waals surface area contributed by atoms with E-state index in [2.05, 4.69) is 9.88 Å². The van der Waals surface area contributed by atoms with Crippen molar-refractivity contribution in [1.29, 1.82) is 0 Å². The molecule has 1 fully saturated rings. The van der Waals surface area contributed by atoms with Crippen molar-refractivity contribution in [3.63, 3.8) is 0 Å². The molecule has 7 heteroatoms. The Balaban J connectivity index is 1.70. The van der Waals surface area contributed by atoms with Gasteiger partial charge in [0.15, 0.2) is 0 Å². The highest BCUT2D eigenvalue weighted by molar-refractivity contribution is 7.99. The molecule has 0 N–H and O–H groups in total. The van der Waals surface area contributed by atoms with Gasteiger partial charge in [0.05, 0.1) is 17.7 Å². The van der Waals surface area contributed by atoms with Crippen LogP contribution in [-0.2, 0) is 6.18 Å². The second-order valence-electron chi connectivity index (χ2n) is 5.38. The van der Waals surface area contributed by atoms with E-state index in [1.54, 1.807) is 18.2 Å². The predicted octanol–water partition coefficient (Wildman–Crippen LogP) is 4.03. The van der Waals surface area contributed by atoms with Gasteiger partial charge >= 0.3 is 6.18 Å². The lowest BCUT2D eigenvalue weighted by Gasteiger charge is -2.15. The number of pyridine rings is 1. The van der Waals surface area contributed by atoms with Gasteiger partial charge in [-0.3, -0.25) is 4.90 Å². The van der Waals surface area contributed by atoms with E-state index in [4.69, 9.17) is 4.74 Å². The third-order valence-corrected chi connectivity index (χ3v) is 4.71. The van der Waals surface area contributed by atoms with Gasteiger partial charge in [-0.1, -0.05) is 18.2 Å². The molecule has 1 saturated heterocycles. The van der Waals surface area contributed by atoms with Crippen LogP contribution in [0.1, 0.15) is 12.0 Å². The number of hydrogen-bond donors (Lipinski definition) is 0. The molecule has 1 aliphatic rings. The molecular weight excluding hydrogens is 325 g/mol. The van der Waals surface area contributed by atoms with Crippen molar-refractivity contribution in [2.24, 2.45) is 0 Å². The molecule has 0 spiro atoms. The van der Waals surface area contributed by atoms with Crippen LogP contribution in [0.2, 0.25) is 0 Å². The average molecular weight is 342 g/mol. The normalized spacial score (nSPS) is 16.1. The zero-order valence-corrected chi connectivity index (χ0v) is 13.3. The van der Waals surface area contributed by atoms with Gasteiger partial charge < -0.3 is 4.74 Å². The van der Waals surface area contributed by atoms with Gasteiger partial charge in [-0.2, -0.15) is 13.2 Å². The maximum absolute atomic E-state index is 13.2. The Morgan fingerprint density at radius 2 is 2.09 bits per heavy atom. The summed E-state index contributed by atoms with van der Waals surface area (Å²) >= 11 is 1.89. The Labute approximate surface area is 136 Å². The fourth-order valence-electron chi connectivity index (χ4n) is 2.55. The van der Waals surface area contributed by atoms with Crippen LogP contribution in [0.25, 0.3) is 10.9 Å². The van der Waals surface area contributed by atoms with Gasteiger partial charge in [0.1, 0.15) is 0 Å². The lowest BCUT2D eigenvalue weighted by Crippen LogP contribution is -2.22. The summed E-state index contributed by atoms with van der Waals surface area (Å²) in [4.78, 5) is 6.49. The van der Waals surface area contributed by atoms with Crippen molar-refractivity contribution in [3.8, 4) is 5.88 Å². The number of halogens is 3. The Bertz CT molecular complexity index is 672. The quantitative estimate of drug-likeness (QED) is 0.766. The predicted molar refractivity (Wildman–Crippen MR) is 85.8 cm³/mol. The van der Waals surface area contributed by atoms with E-state index in [9.17, 15) is 13.2 Å². The Hall–Kier alpha value is -1.47. The highest BCUT2D eigenvalue weighted by atomic mass is 32.2. The van der Waals surface area contributed by atoms with Crippen LogP contribution >= 0.6 is 11.8 Å². The van der Waals surface area contributed by atoms with Gasteiger partial charge in [0.2, 0.25) is 5.88 Å². The van der Waals surface area contributed by atoms with E-state index >= 15 is 0 Å². The number of ether oxygens (including phenoxy) is 1. The smallest absolute Gasteiger partial charge is 0.417 e. The van der Waals surface area contributed by atoms with Crippen LogP contribution in [0, 0.1) is 0 Å². The van der Waals surface area contributed by atoms with Gasteiger partial charge in [0, 0.05) is 36.2 Å². The number of aromatic nitrogens is 1. The third-order valence-electron chi connectivity index (χ3n) is 3.69. The van der Waals surface area contributed by atoms with Crippen LogP contribution in [0.15, 0.2) is 30.3 Å². The molecule has 0 saturated carbocycles. The standard InChI is InChI=1S/C16H17F3N2OS/c17-16(18,19)13-10-15(20-14-5-2-1-4-12(13)14)22-8-3-6-21-7-9-23-11-21/h1-2,4-5,10H,3,6-9,11H2. The number of fused-ring (bicyclic) bond motifs is 1. The van der Waals surface area contributed by atoms with Crippen molar-refractivity contribution >= 4 is 22.7 Å². The molecule has 3 nitrogen and oxygen atoms in total. The molecule has 0 atom stereocenters. The van der Waals surface area contributed by atoms with E-state index < -0.39 is 11.7 Å². The molecule has 1 aliphatic heterocycles. The monoisotopic (exact) mass is 342 g/mol. The highest BCUT2D eigenvalue weighted by Crippen LogP contribution is 2.36. The van der Waals surface area contributed by atoms with Crippen molar-refractivity contribution < 1.29 is 17.9 Å². The lowest BCUT2D eigenvalue weighted by molar-refractivity contribution is -0.136. The highest BCUT2D eigenvalue weighted by Gasteiger charge is 2.33. The van der Waals surface area contributed by atoms with Crippen LogP contribution in [0.5, 0.6) is 5.88 Å². The lowest BCUT2D eigenvalue weighted by atomic mass is 10.1. The number of benzene rings is 1. The molecule has 0 amide bonds. The zero-order chi connectivity index (χ0) is 16.3. The minimum atomic E-state index is -4.42. The van der Waals surface area contributed by atoms with Crippen LogP contribution in [0.3, 0.4) is 0 Å². The van der Waals surface area contributed by atoms with Crippen molar-refractivity contribution in [2.45, 2.75) is 12.6 Å². The van der Waals surface area contributed by atoms with Gasteiger partial charge in [-0.15, -0.1) is 11.8 Å². The van der Waals surface area contributed by atoms with E-state index in [0.29, 0.717) is 12.1 Å². The minimum absolute atomic E-state index is 0.0341. The summed E-state index contributed by atoms with van der Waals surface area (Å²) in [7, 11) is 0. The first-order chi connectivity index (χ1) is 11.0. The van der Waals surface area contributed by atoms with Crippen LogP contribution in [-0.4, -0.2) is 41.2 Å². The van der Waals surface area contributed by atoms with Crippen molar-refractivity contribution in [3.05, 3.63) is 35.9 Å². The summed E-state index contributed by atoms with van der Waals surface area (Å²) < 4.78 is 45.1. The Morgan fingerprint density at radius 1 is 1.26 bits per heavy atom. The first-order valence-electron chi connectivity index (χ1n) is 7.44. The fourth-order valence-corrected chi connectivity index (χ4v) is 3.59. The van der Waals surface area contributed by atoms with E-state index in [0.717, 1.165) is 37.2 Å². The molecule has 0 aliphatic carbocycles. The molecule has 0 bridgehead atoms. The Morgan fingerprint density at radius 3 is 2.83 bits per heavy atom. The molecule has 2 heterocycles. The first kappa shape index (κ1) is 16.4. The molecule has 3 rings (SSSR count). The molecule has 1 aromatic carbocycles. The first-order valence-corrected chi connectivity index (χ1v) is 8.59. The molecular formula is C16H17F3N2OS. The summed E-state index contributed by atoms with van der Waals surface area (Å²) in [5, 5.41) is 0.0986.